The fourth-order valence-electron chi connectivity index (χ4n) is 9.36. The van der Waals surface area contributed by atoms with Crippen LogP contribution >= 0.6 is 22.7 Å². The van der Waals surface area contributed by atoms with Gasteiger partial charge in [0.15, 0.2) is 0 Å². The van der Waals surface area contributed by atoms with Gasteiger partial charge in [0.2, 0.25) is 0 Å². The summed E-state index contributed by atoms with van der Waals surface area (Å²) < 4.78 is 5.27. The molecule has 0 fully saturated rings. The summed E-state index contributed by atoms with van der Waals surface area (Å²) in [5.74, 6) is 0. The molecular weight excluding hydrogens is 775 g/mol. The van der Waals surface area contributed by atoms with E-state index in [9.17, 15) is 0 Å². The van der Waals surface area contributed by atoms with Gasteiger partial charge in [0.05, 0.1) is 5.69 Å². The Morgan fingerprint density at radius 2 is 0.672 bits per heavy atom. The van der Waals surface area contributed by atoms with Crippen LogP contribution in [0.2, 0.25) is 0 Å². The highest BCUT2D eigenvalue weighted by Gasteiger charge is 2.21. The first-order valence-corrected chi connectivity index (χ1v) is 22.4. The van der Waals surface area contributed by atoms with Crippen LogP contribution in [0.25, 0.3) is 95.6 Å². The summed E-state index contributed by atoms with van der Waals surface area (Å²) in [6.45, 7) is 0. The van der Waals surface area contributed by atoms with Crippen molar-refractivity contribution in [3.63, 3.8) is 0 Å². The Morgan fingerprint density at radius 3 is 1.25 bits per heavy atom. The standard InChI is InChI=1S/C58H37NS2/c1-2-14-38(15-3-1)44-21-10-16-41-17-11-24-48(56(41)44)47-18-4-7-25-51(47)59(42-34-30-39(31-35-42)45-22-12-28-54-57(45)49-19-5-8-26-52(49)60-54)43-36-32-40(33-37-43)46-23-13-29-55-58(46)50-20-6-9-27-53(50)61-55/h1-37H. The van der Waals surface area contributed by atoms with Crippen molar-refractivity contribution in [2.45, 2.75) is 0 Å². The van der Waals surface area contributed by atoms with E-state index in [4.69, 9.17) is 0 Å². The zero-order valence-corrected chi connectivity index (χ0v) is 34.8. The van der Waals surface area contributed by atoms with Crippen LogP contribution in [-0.2, 0) is 0 Å². The lowest BCUT2D eigenvalue weighted by Gasteiger charge is -2.29. The average Bonchev–Trinajstić information content (AvgIpc) is 3.91. The Hall–Kier alpha value is -7.30. The van der Waals surface area contributed by atoms with E-state index >= 15 is 0 Å². The fourth-order valence-corrected chi connectivity index (χ4v) is 11.6. The second-order valence-corrected chi connectivity index (χ2v) is 17.7. The highest BCUT2D eigenvalue weighted by Crippen LogP contribution is 2.47. The molecule has 2 aromatic heterocycles. The van der Waals surface area contributed by atoms with Gasteiger partial charge < -0.3 is 4.90 Å². The Bertz CT molecular complexity index is 3420. The first kappa shape index (κ1) is 35.6. The van der Waals surface area contributed by atoms with Gasteiger partial charge in [0.1, 0.15) is 0 Å². The van der Waals surface area contributed by atoms with Crippen LogP contribution in [0.3, 0.4) is 0 Å². The van der Waals surface area contributed by atoms with Crippen molar-refractivity contribution in [1.82, 2.24) is 0 Å². The maximum atomic E-state index is 2.44. The van der Waals surface area contributed by atoms with Crippen molar-refractivity contribution < 1.29 is 0 Å². The molecule has 0 spiro atoms. The van der Waals surface area contributed by atoms with Gasteiger partial charge >= 0.3 is 0 Å². The molecule has 12 aromatic rings. The minimum absolute atomic E-state index is 1.10. The molecule has 0 amide bonds. The van der Waals surface area contributed by atoms with Crippen molar-refractivity contribution >= 4 is 90.9 Å². The summed E-state index contributed by atoms with van der Waals surface area (Å²) >= 11 is 3.73. The van der Waals surface area contributed by atoms with Gasteiger partial charge in [-0.1, -0.05) is 170 Å². The first-order chi connectivity index (χ1) is 30.3. The second kappa shape index (κ2) is 14.8. The molecule has 12 rings (SSSR count). The summed E-state index contributed by atoms with van der Waals surface area (Å²) in [5.41, 5.74) is 13.1. The number of benzene rings is 10. The van der Waals surface area contributed by atoms with Gasteiger partial charge in [-0.3, -0.25) is 0 Å². The first-order valence-electron chi connectivity index (χ1n) is 20.7. The molecule has 0 aliphatic carbocycles. The molecule has 3 heteroatoms. The lowest BCUT2D eigenvalue weighted by atomic mass is 9.90. The zero-order valence-electron chi connectivity index (χ0n) is 33.1. The smallest absolute Gasteiger partial charge is 0.0540 e. The van der Waals surface area contributed by atoms with Crippen LogP contribution in [0, 0.1) is 0 Å². The molecular formula is C58H37NS2. The number of thiophene rings is 2. The highest BCUT2D eigenvalue weighted by molar-refractivity contribution is 7.26. The lowest BCUT2D eigenvalue weighted by Crippen LogP contribution is -2.11. The quantitative estimate of drug-likeness (QED) is 0.155. The molecule has 0 aliphatic rings. The number of hydrogen-bond donors (Lipinski definition) is 0. The molecule has 286 valence electrons. The van der Waals surface area contributed by atoms with Crippen molar-refractivity contribution in [3.05, 3.63) is 224 Å². The molecule has 10 aromatic carbocycles. The van der Waals surface area contributed by atoms with Gasteiger partial charge in [-0.05, 0) is 104 Å². The zero-order chi connectivity index (χ0) is 40.3. The van der Waals surface area contributed by atoms with Crippen LogP contribution in [0.15, 0.2) is 224 Å². The largest absolute Gasteiger partial charge is 0.310 e. The SMILES string of the molecule is c1ccc(-c2cccc3cccc(-c4ccccc4N(c4ccc(-c5cccc6sc7ccccc7c56)cc4)c4ccc(-c5cccc6sc7ccccc7c56)cc4)c23)cc1. The lowest BCUT2D eigenvalue weighted by molar-refractivity contribution is 1.28. The summed E-state index contributed by atoms with van der Waals surface area (Å²) in [5, 5.41) is 7.75. The van der Waals surface area contributed by atoms with E-state index in [-0.39, 0.29) is 0 Å². The monoisotopic (exact) mass is 811 g/mol. The number of fused-ring (bicyclic) bond motifs is 7. The molecule has 0 unspecified atom stereocenters. The van der Waals surface area contributed by atoms with Crippen LogP contribution < -0.4 is 4.90 Å². The Labute approximate surface area is 362 Å². The third-order valence-electron chi connectivity index (χ3n) is 12.1. The number of rotatable bonds is 7. The van der Waals surface area contributed by atoms with Crippen LogP contribution in [0.5, 0.6) is 0 Å². The molecule has 0 saturated carbocycles. The molecule has 2 heterocycles. The molecule has 61 heavy (non-hydrogen) atoms. The predicted octanol–water partition coefficient (Wildman–Crippen LogP) is 17.7. The van der Waals surface area contributed by atoms with Gasteiger partial charge in [0.25, 0.3) is 0 Å². The Morgan fingerprint density at radius 1 is 0.262 bits per heavy atom. The molecule has 0 saturated heterocycles. The van der Waals surface area contributed by atoms with E-state index in [1.807, 2.05) is 22.7 Å². The summed E-state index contributed by atoms with van der Waals surface area (Å²) in [7, 11) is 0. The molecule has 0 aliphatic heterocycles. The summed E-state index contributed by atoms with van der Waals surface area (Å²) in [4.78, 5) is 2.44. The number of nitrogens with zero attached hydrogens (tertiary/aromatic N) is 1. The van der Waals surface area contributed by atoms with Gasteiger partial charge in [-0.2, -0.15) is 0 Å². The van der Waals surface area contributed by atoms with Crippen molar-refractivity contribution in [1.29, 1.82) is 0 Å². The van der Waals surface area contributed by atoms with Gasteiger partial charge in [-0.25, -0.2) is 0 Å². The van der Waals surface area contributed by atoms with Crippen molar-refractivity contribution in [2.75, 3.05) is 4.90 Å². The van der Waals surface area contributed by atoms with E-state index in [0.717, 1.165) is 17.1 Å². The normalized spacial score (nSPS) is 11.6. The number of anilines is 3. The minimum Gasteiger partial charge on any atom is -0.310 e. The topological polar surface area (TPSA) is 3.24 Å². The minimum atomic E-state index is 1.10. The third-order valence-corrected chi connectivity index (χ3v) is 14.4. The number of para-hydroxylation sites is 1. The van der Waals surface area contributed by atoms with Gasteiger partial charge in [0, 0.05) is 57.3 Å². The van der Waals surface area contributed by atoms with Crippen molar-refractivity contribution in [2.24, 2.45) is 0 Å². The Balaban J connectivity index is 1.04. The summed E-state index contributed by atoms with van der Waals surface area (Å²) in [6.07, 6.45) is 0. The van der Waals surface area contributed by atoms with E-state index in [0.29, 0.717) is 0 Å². The molecule has 1 nitrogen and oxygen atoms in total. The predicted molar refractivity (Wildman–Crippen MR) is 266 cm³/mol. The third kappa shape index (κ3) is 6.04. The van der Waals surface area contributed by atoms with Crippen LogP contribution in [0.1, 0.15) is 0 Å². The van der Waals surface area contributed by atoms with E-state index in [2.05, 4.69) is 229 Å². The fraction of sp³-hybridized carbons (Fsp3) is 0. The van der Waals surface area contributed by atoms with Crippen LogP contribution in [-0.4, -0.2) is 0 Å². The maximum absolute atomic E-state index is 2.44. The molecule has 0 radical (unpaired) electrons. The van der Waals surface area contributed by atoms with Gasteiger partial charge in [-0.15, -0.1) is 22.7 Å². The highest BCUT2D eigenvalue weighted by atomic mass is 32.1. The maximum Gasteiger partial charge on any atom is 0.0540 e. The second-order valence-electron chi connectivity index (χ2n) is 15.6. The Kier molecular flexibility index (Phi) is 8.62. The molecule has 0 bridgehead atoms. The molecule has 0 atom stereocenters. The van der Waals surface area contributed by atoms with Crippen LogP contribution in [0.4, 0.5) is 17.1 Å². The number of hydrogen-bond acceptors (Lipinski definition) is 3. The molecule has 0 N–H and O–H groups in total. The van der Waals surface area contributed by atoms with E-state index in [1.54, 1.807) is 0 Å². The summed E-state index contributed by atoms with van der Waals surface area (Å²) in [6, 6.07) is 82.4. The van der Waals surface area contributed by atoms with E-state index in [1.165, 1.54) is 95.6 Å². The van der Waals surface area contributed by atoms with Crippen molar-refractivity contribution in [3.8, 4) is 44.5 Å². The van der Waals surface area contributed by atoms with E-state index < -0.39 is 0 Å². The average molecular weight is 812 g/mol.